The third-order valence-electron chi connectivity index (χ3n) is 20.6. The molecule has 3 aliphatic carbocycles. The standard InChI is InChI=1S/C27H31Cl2N5OS2.C22H22Cl2N6S.C21H28N4OS2.C6H4Cl3N.ClH.Na/c1-17-13-20(23(28)25(29)32-17)36-22-16-30-21(15-31-22)34-11-9-27(10-12-34)14-18-7-5-6-8-19(18)24(27)33-37(35)26(2,3)4;23-19-15(9-16(25)29-21(19)24)31-18-12-27-17(11-28-18)30-7-5-22(6-8-30)10-13-3-1-2-4-14(13)20(22)26;1-20(2,3)28(26)24-19-16-7-5-4-6-15(16)12-21(19)8-10-25(11-9-21)17-13-23-18(27)14-22-17;1-3-2-4(7)5(8)6(9)10-3;;/h5-8,13,15-16,24,33H,9-12,14H2,1-4H3;1-4,9,11-12,20H,5-8,10,26H2,(H2,25,29);4-7,13-14,19,24H,8-12H2,1-3H3,(H,23,27);2H,1H3;1H;/q;;;;;+1/p-1/t24-,37-;20-;19-,28-;;;/m111.../s1. The quantitative estimate of drug-likeness (QED) is 0.0535. The number of aryl methyl sites for hydroxylation is 2. The fourth-order valence-electron chi connectivity index (χ4n) is 14.9. The van der Waals surface area contributed by atoms with Gasteiger partial charge in [-0.05, 0) is 181 Å². The average molecular weight is 1720 g/mol. The predicted molar refractivity (Wildman–Crippen MR) is 445 cm³/mol. The van der Waals surface area contributed by atoms with Gasteiger partial charge in [0.05, 0.1) is 94.6 Å². The van der Waals surface area contributed by atoms with Gasteiger partial charge in [-0.25, -0.2) is 57.7 Å². The molecule has 18 nitrogen and oxygen atoms in total. The molecule has 6 aliphatic rings. The summed E-state index contributed by atoms with van der Waals surface area (Å²) in [6, 6.07) is 31.4. The molecular formula is C76H85Cl8N16NaO2S5. The maximum atomic E-state index is 13.1. The summed E-state index contributed by atoms with van der Waals surface area (Å²) in [5.41, 5.74) is 22.4. The van der Waals surface area contributed by atoms with Crippen LogP contribution in [-0.4, -0.2) is 102 Å². The van der Waals surface area contributed by atoms with E-state index in [0.717, 1.165) is 136 Å². The van der Waals surface area contributed by atoms with Crippen LogP contribution in [0.4, 0.5) is 23.3 Å². The van der Waals surface area contributed by atoms with Crippen LogP contribution in [0.3, 0.4) is 0 Å². The minimum absolute atomic E-state index is 0. The number of hydrogen-bond donors (Lipinski definition) is 4. The summed E-state index contributed by atoms with van der Waals surface area (Å²) in [5.74, 6) is 2.95. The van der Waals surface area contributed by atoms with Crippen LogP contribution >= 0.6 is 117 Å². The minimum Gasteiger partial charge on any atom is -0.759 e. The van der Waals surface area contributed by atoms with Crippen molar-refractivity contribution in [2.75, 3.05) is 59.7 Å². The predicted octanol–water partition coefficient (Wildman–Crippen LogP) is 15.4. The number of nitrogens with zero attached hydrogens (tertiary/aromatic N) is 12. The molecule has 3 aromatic carbocycles. The first-order valence-corrected chi connectivity index (χ1v) is 41.9. The fourth-order valence-corrected chi connectivity index (χ4v) is 20.1. The molecule has 108 heavy (non-hydrogen) atoms. The van der Waals surface area contributed by atoms with Crippen LogP contribution in [0.5, 0.6) is 0 Å². The van der Waals surface area contributed by atoms with E-state index in [2.05, 4.69) is 137 Å². The zero-order chi connectivity index (χ0) is 75.6. The van der Waals surface area contributed by atoms with E-state index in [1.165, 1.54) is 56.9 Å². The van der Waals surface area contributed by atoms with Gasteiger partial charge < -0.3 is 38.8 Å². The van der Waals surface area contributed by atoms with Gasteiger partial charge in [0.25, 0.3) is 0 Å². The van der Waals surface area contributed by atoms with Crippen molar-refractivity contribution in [1.29, 1.82) is 0 Å². The number of rotatable bonds is 11. The van der Waals surface area contributed by atoms with Crippen molar-refractivity contribution in [1.82, 2.24) is 54.3 Å². The van der Waals surface area contributed by atoms with Gasteiger partial charge in [0.1, 0.15) is 43.6 Å². The molecule has 3 saturated heterocycles. The SMILES string of the molecule is CC(C)(C)[S@@](=O)N[C@@H]1c2ccccc2CC12CCN(c1cnc([S-])cn1)CC2.Cc1cc(Cl)c(Cl)c(Cl)n1.Cc1cc(Sc2cnc(N3CCC4(CC3)Cc3ccccc3[C@H]4N[S@](=O)C(C)(C)C)cn2)c(Cl)c(Cl)n1.Cl.Nc1cc(Sc2cnc(N3CCC4(CC3)Cc3ccccc3[C@H]4N)cn2)c(Cl)c(Cl)n1.[Na+]. The Morgan fingerprint density at radius 1 is 0.491 bits per heavy atom. The van der Waals surface area contributed by atoms with Crippen molar-refractivity contribution in [2.45, 2.75) is 166 Å². The van der Waals surface area contributed by atoms with E-state index in [4.69, 9.17) is 110 Å². The molecular weight excluding hydrogens is 1640 g/mol. The van der Waals surface area contributed by atoms with Crippen molar-refractivity contribution in [3.8, 4) is 0 Å². The molecule has 6 N–H and O–H groups in total. The van der Waals surface area contributed by atoms with E-state index in [-0.39, 0.29) is 96.1 Å². The van der Waals surface area contributed by atoms with Gasteiger partial charge in [-0.2, -0.15) is 0 Å². The fraction of sp³-hybridized carbons (Fsp3) is 0.408. The number of hydrogen-bond acceptors (Lipinski definition) is 19. The Morgan fingerprint density at radius 2 is 0.852 bits per heavy atom. The van der Waals surface area contributed by atoms with Crippen LogP contribution in [0.2, 0.25) is 35.5 Å². The van der Waals surface area contributed by atoms with Crippen LogP contribution in [-0.2, 0) is 53.9 Å². The molecule has 0 radical (unpaired) electrons. The molecule has 568 valence electrons. The average Bonchev–Trinajstić information content (AvgIpc) is 1.60. The largest absolute Gasteiger partial charge is 1.00 e. The molecule has 9 heterocycles. The van der Waals surface area contributed by atoms with Gasteiger partial charge in [0, 0.05) is 72.7 Å². The summed E-state index contributed by atoms with van der Waals surface area (Å²) < 4.78 is 32.5. The Labute approximate surface area is 715 Å². The van der Waals surface area contributed by atoms with Gasteiger partial charge in [-0.1, -0.05) is 183 Å². The summed E-state index contributed by atoms with van der Waals surface area (Å²) >= 11 is 49.4. The topological polar surface area (TPSA) is 236 Å². The number of nitrogens with two attached hydrogens (primary N) is 2. The summed E-state index contributed by atoms with van der Waals surface area (Å²) in [6.07, 6.45) is 19.8. The van der Waals surface area contributed by atoms with Gasteiger partial charge in [0.2, 0.25) is 0 Å². The molecule has 9 aromatic rings. The van der Waals surface area contributed by atoms with Gasteiger partial charge in [0.15, 0.2) is 5.15 Å². The van der Waals surface area contributed by atoms with Crippen molar-refractivity contribution in [2.24, 2.45) is 22.0 Å². The maximum absolute atomic E-state index is 13.1. The first-order valence-electron chi connectivity index (χ1n) is 34.9. The summed E-state index contributed by atoms with van der Waals surface area (Å²) in [7, 11) is -2.25. The van der Waals surface area contributed by atoms with Gasteiger partial charge in [-0.3, -0.25) is 4.98 Å². The van der Waals surface area contributed by atoms with E-state index < -0.39 is 22.0 Å². The first-order chi connectivity index (χ1) is 50.4. The Bertz CT molecular complexity index is 4660. The second-order valence-electron chi connectivity index (χ2n) is 29.7. The van der Waals surface area contributed by atoms with Crippen molar-refractivity contribution in [3.63, 3.8) is 0 Å². The molecule has 0 saturated carbocycles. The van der Waals surface area contributed by atoms with Crippen LogP contribution in [0.1, 0.15) is 143 Å². The van der Waals surface area contributed by atoms with Gasteiger partial charge in [-0.15, -0.1) is 12.4 Å². The number of anilines is 4. The number of nitrogens with one attached hydrogen (secondary N) is 2. The third-order valence-corrected chi connectivity index (χ3v) is 28.8. The molecule has 0 bridgehead atoms. The van der Waals surface area contributed by atoms with Crippen LogP contribution < -0.4 is 65.2 Å². The molecule has 32 heteroatoms. The summed E-state index contributed by atoms with van der Waals surface area (Å²) in [4.78, 5) is 47.6. The number of nitrogen functional groups attached to an aromatic ring is 1. The zero-order valence-corrected chi connectivity index (χ0v) is 73.6. The van der Waals surface area contributed by atoms with Crippen molar-refractivity contribution < 1.29 is 38.0 Å². The molecule has 3 aliphatic heterocycles. The van der Waals surface area contributed by atoms with E-state index in [0.29, 0.717) is 46.0 Å². The number of halogens is 8. The molecule has 6 aromatic heterocycles. The van der Waals surface area contributed by atoms with Gasteiger partial charge >= 0.3 is 29.6 Å². The van der Waals surface area contributed by atoms with Crippen molar-refractivity contribution >= 4 is 175 Å². The monoisotopic (exact) mass is 1720 g/mol. The number of benzene rings is 3. The molecule has 3 spiro atoms. The number of pyridine rings is 3. The first kappa shape index (κ1) is 86.4. The second-order valence-corrected chi connectivity index (χ2v) is 38.9. The van der Waals surface area contributed by atoms with E-state index in [9.17, 15) is 8.42 Å². The molecule has 0 unspecified atom stereocenters. The summed E-state index contributed by atoms with van der Waals surface area (Å²) in [6.45, 7) is 21.2. The number of piperidine rings is 3. The van der Waals surface area contributed by atoms with E-state index in [1.54, 1.807) is 43.8 Å². The normalized spacial score (nSPS) is 19.1. The minimum atomic E-state index is -1.14. The Morgan fingerprint density at radius 3 is 1.25 bits per heavy atom. The Hall–Kier alpha value is -4.03. The molecule has 15 rings (SSSR count). The smallest absolute Gasteiger partial charge is 0.759 e. The molecule has 5 atom stereocenters. The number of aromatic nitrogens is 9. The van der Waals surface area contributed by atoms with Crippen molar-refractivity contribution in [3.05, 3.63) is 208 Å². The molecule has 0 amide bonds. The Kier molecular flexibility index (Phi) is 29.3. The summed E-state index contributed by atoms with van der Waals surface area (Å²) in [5, 5.41) is 4.28. The molecule has 3 fully saturated rings. The van der Waals surface area contributed by atoms with Crippen LogP contribution in [0.15, 0.2) is 153 Å². The van der Waals surface area contributed by atoms with E-state index in [1.807, 2.05) is 66.9 Å². The zero-order valence-electron chi connectivity index (χ0n) is 61.4. The second kappa shape index (κ2) is 36.6. The third kappa shape index (κ3) is 20.0. The van der Waals surface area contributed by atoms with Crippen LogP contribution in [0.25, 0.3) is 0 Å². The van der Waals surface area contributed by atoms with E-state index >= 15 is 0 Å². The Balaban J connectivity index is 0.000000162. The van der Waals surface area contributed by atoms with Crippen LogP contribution in [0, 0.1) is 30.1 Å². The number of fused-ring (bicyclic) bond motifs is 3. The maximum Gasteiger partial charge on any atom is 1.00 e.